The monoisotopic (exact) mass is 429 g/mol. The number of morpholine rings is 1. The normalized spacial score (nSPS) is 16.2. The molecule has 2 amide bonds. The lowest BCUT2D eigenvalue weighted by molar-refractivity contribution is -0.129. The number of nitrogens with zero attached hydrogens (tertiary/aromatic N) is 3. The molecule has 0 atom stereocenters. The first-order valence-corrected chi connectivity index (χ1v) is 11.2. The molecule has 1 aromatic heterocycles. The van der Waals surface area contributed by atoms with Gasteiger partial charge < -0.3 is 14.5 Å². The van der Waals surface area contributed by atoms with Gasteiger partial charge >= 0.3 is 0 Å². The second kappa shape index (κ2) is 8.36. The molecular formula is C26H27N3O3. The fourth-order valence-corrected chi connectivity index (χ4v) is 4.67. The van der Waals surface area contributed by atoms with E-state index in [4.69, 9.17) is 9.72 Å². The summed E-state index contributed by atoms with van der Waals surface area (Å²) in [7, 11) is 0. The third kappa shape index (κ3) is 3.86. The van der Waals surface area contributed by atoms with Crippen molar-refractivity contribution in [3.05, 3.63) is 64.8 Å². The van der Waals surface area contributed by atoms with Crippen LogP contribution < -0.4 is 0 Å². The highest BCUT2D eigenvalue weighted by Crippen LogP contribution is 2.32. The van der Waals surface area contributed by atoms with Crippen molar-refractivity contribution in [2.75, 3.05) is 32.8 Å². The Bertz CT molecular complexity index is 1210. The number of aromatic nitrogens is 1. The Morgan fingerprint density at radius 1 is 0.938 bits per heavy atom. The maximum atomic E-state index is 13.1. The molecule has 3 heterocycles. The van der Waals surface area contributed by atoms with Crippen LogP contribution in [0, 0.1) is 6.92 Å². The van der Waals surface area contributed by atoms with E-state index in [2.05, 4.69) is 24.3 Å². The van der Waals surface area contributed by atoms with E-state index in [1.165, 1.54) is 11.1 Å². The molecule has 0 radical (unpaired) electrons. The van der Waals surface area contributed by atoms with Crippen molar-refractivity contribution in [2.45, 2.75) is 26.8 Å². The molecule has 32 heavy (non-hydrogen) atoms. The maximum Gasteiger partial charge on any atom is 0.254 e. The summed E-state index contributed by atoms with van der Waals surface area (Å²) in [6.45, 7) is 7.46. The molecule has 6 nitrogen and oxygen atoms in total. The summed E-state index contributed by atoms with van der Waals surface area (Å²) in [6.07, 6.45) is 0.853. The number of ether oxygens (including phenoxy) is 1. The van der Waals surface area contributed by atoms with Gasteiger partial charge in [0.15, 0.2) is 0 Å². The van der Waals surface area contributed by atoms with Crippen LogP contribution in [-0.2, 0) is 22.5 Å². The average molecular weight is 430 g/mol. The average Bonchev–Trinajstić information content (AvgIpc) is 2.82. The van der Waals surface area contributed by atoms with Crippen LogP contribution >= 0.6 is 0 Å². The molecule has 0 saturated carbocycles. The molecule has 0 bridgehead atoms. The highest BCUT2D eigenvalue weighted by atomic mass is 16.5. The summed E-state index contributed by atoms with van der Waals surface area (Å²) in [6, 6.07) is 14.4. The zero-order chi connectivity index (χ0) is 22.2. The first-order chi connectivity index (χ1) is 15.5. The molecule has 2 aliphatic rings. The molecular weight excluding hydrogens is 402 g/mol. The van der Waals surface area contributed by atoms with Crippen LogP contribution in [0.4, 0.5) is 0 Å². The third-order valence-corrected chi connectivity index (χ3v) is 6.46. The van der Waals surface area contributed by atoms with Gasteiger partial charge in [0.05, 0.1) is 18.7 Å². The van der Waals surface area contributed by atoms with Gasteiger partial charge in [-0.2, -0.15) is 0 Å². The van der Waals surface area contributed by atoms with Crippen molar-refractivity contribution >= 4 is 22.7 Å². The summed E-state index contributed by atoms with van der Waals surface area (Å²) in [5, 5.41) is 0.982. The van der Waals surface area contributed by atoms with E-state index in [1.54, 1.807) is 6.92 Å². The van der Waals surface area contributed by atoms with Gasteiger partial charge in [-0.25, -0.2) is 0 Å². The van der Waals surface area contributed by atoms with Crippen LogP contribution in [-0.4, -0.2) is 59.4 Å². The van der Waals surface area contributed by atoms with E-state index in [9.17, 15) is 9.59 Å². The molecule has 2 aliphatic heterocycles. The summed E-state index contributed by atoms with van der Waals surface area (Å²) in [5.74, 6) is 0.157. The third-order valence-electron chi connectivity index (χ3n) is 6.46. The van der Waals surface area contributed by atoms with Gasteiger partial charge in [-0.1, -0.05) is 18.2 Å². The fourth-order valence-electron chi connectivity index (χ4n) is 4.67. The van der Waals surface area contributed by atoms with E-state index < -0.39 is 0 Å². The smallest absolute Gasteiger partial charge is 0.254 e. The summed E-state index contributed by atoms with van der Waals surface area (Å²) in [5.41, 5.74) is 7.20. The summed E-state index contributed by atoms with van der Waals surface area (Å²) >= 11 is 0. The van der Waals surface area contributed by atoms with E-state index in [-0.39, 0.29) is 11.8 Å². The van der Waals surface area contributed by atoms with Crippen molar-refractivity contribution in [3.63, 3.8) is 0 Å². The highest BCUT2D eigenvalue weighted by molar-refractivity contribution is 6.02. The Morgan fingerprint density at radius 3 is 2.53 bits per heavy atom. The number of benzene rings is 2. The predicted octanol–water partition coefficient (Wildman–Crippen LogP) is 3.59. The molecule has 3 aromatic rings. The minimum atomic E-state index is 0.0384. The Labute approximate surface area is 187 Å². The van der Waals surface area contributed by atoms with Crippen LogP contribution in [0.3, 0.4) is 0 Å². The number of fused-ring (bicyclic) bond motifs is 2. The molecule has 0 N–H and O–H groups in total. The van der Waals surface area contributed by atoms with Crippen LogP contribution in [0.15, 0.2) is 42.5 Å². The van der Waals surface area contributed by atoms with Crippen LogP contribution in [0.25, 0.3) is 22.0 Å². The van der Waals surface area contributed by atoms with Crippen molar-refractivity contribution in [1.29, 1.82) is 0 Å². The van der Waals surface area contributed by atoms with Gasteiger partial charge in [-0.05, 0) is 59.9 Å². The number of aryl methyl sites for hydroxylation is 1. The molecule has 164 valence electrons. The molecule has 0 aliphatic carbocycles. The number of pyridine rings is 1. The van der Waals surface area contributed by atoms with Gasteiger partial charge in [0.2, 0.25) is 5.91 Å². The Balaban J connectivity index is 1.55. The van der Waals surface area contributed by atoms with Crippen LogP contribution in [0.5, 0.6) is 0 Å². The zero-order valence-electron chi connectivity index (χ0n) is 18.6. The van der Waals surface area contributed by atoms with Crippen molar-refractivity contribution in [3.8, 4) is 11.1 Å². The Morgan fingerprint density at radius 2 is 1.75 bits per heavy atom. The lowest BCUT2D eigenvalue weighted by Gasteiger charge is -2.28. The number of rotatable bonds is 2. The topological polar surface area (TPSA) is 62.7 Å². The number of hydrogen-bond acceptors (Lipinski definition) is 4. The number of amides is 2. The van der Waals surface area contributed by atoms with E-state index >= 15 is 0 Å². The molecule has 1 saturated heterocycles. The standard InChI is InChI=1S/C26H27N3O3/c1-17-13-23(20-3-4-22-16-29(18(2)30)8-7-19(22)14-20)24-15-21(5-6-25(24)27-17)26(31)28-9-11-32-12-10-28/h3-6,13-15H,7-12,16H2,1-2H3. The zero-order valence-corrected chi connectivity index (χ0v) is 18.6. The second-order valence-corrected chi connectivity index (χ2v) is 8.62. The maximum absolute atomic E-state index is 13.1. The molecule has 1 fully saturated rings. The van der Waals surface area contributed by atoms with E-state index in [0.29, 0.717) is 38.4 Å². The number of carbonyl (C=O) groups excluding carboxylic acids is 2. The largest absolute Gasteiger partial charge is 0.378 e. The van der Waals surface area contributed by atoms with Crippen molar-refractivity contribution in [1.82, 2.24) is 14.8 Å². The highest BCUT2D eigenvalue weighted by Gasteiger charge is 2.21. The van der Waals surface area contributed by atoms with Crippen LogP contribution in [0.1, 0.15) is 34.1 Å². The Kier molecular flexibility index (Phi) is 5.39. The summed E-state index contributed by atoms with van der Waals surface area (Å²) < 4.78 is 5.39. The van der Waals surface area contributed by atoms with Crippen molar-refractivity contribution < 1.29 is 14.3 Å². The minimum absolute atomic E-state index is 0.0384. The minimum Gasteiger partial charge on any atom is -0.378 e. The van der Waals surface area contributed by atoms with Gasteiger partial charge in [0, 0.05) is 49.7 Å². The quantitative estimate of drug-likeness (QED) is 0.625. The lowest BCUT2D eigenvalue weighted by Crippen LogP contribution is -2.40. The lowest BCUT2D eigenvalue weighted by atomic mass is 9.92. The molecule has 0 unspecified atom stereocenters. The first kappa shape index (κ1) is 20.6. The molecule has 6 heteroatoms. The van der Waals surface area contributed by atoms with E-state index in [1.807, 2.05) is 34.9 Å². The van der Waals surface area contributed by atoms with Crippen molar-refractivity contribution in [2.24, 2.45) is 0 Å². The van der Waals surface area contributed by atoms with Gasteiger partial charge in [0.25, 0.3) is 5.91 Å². The second-order valence-electron chi connectivity index (χ2n) is 8.62. The first-order valence-electron chi connectivity index (χ1n) is 11.2. The van der Waals surface area contributed by atoms with Gasteiger partial charge in [-0.3, -0.25) is 14.6 Å². The number of hydrogen-bond donors (Lipinski definition) is 0. The number of carbonyl (C=O) groups is 2. The van der Waals surface area contributed by atoms with Gasteiger partial charge in [-0.15, -0.1) is 0 Å². The predicted molar refractivity (Wildman–Crippen MR) is 123 cm³/mol. The Hall–Kier alpha value is -3.25. The molecule has 0 spiro atoms. The molecule has 2 aromatic carbocycles. The van der Waals surface area contributed by atoms with Crippen LogP contribution in [0.2, 0.25) is 0 Å². The molecule has 5 rings (SSSR count). The fraction of sp³-hybridized carbons (Fsp3) is 0.346. The van der Waals surface area contributed by atoms with E-state index in [0.717, 1.165) is 40.7 Å². The summed E-state index contributed by atoms with van der Waals surface area (Å²) in [4.78, 5) is 33.3. The van der Waals surface area contributed by atoms with Gasteiger partial charge in [0.1, 0.15) is 0 Å². The SMILES string of the molecule is CC(=O)N1CCc2cc(-c3cc(C)nc4ccc(C(=O)N5CCOCC5)cc34)ccc2C1.